The van der Waals surface area contributed by atoms with Crippen molar-refractivity contribution in [2.75, 3.05) is 0 Å². The average Bonchev–Trinajstić information content (AvgIpc) is 2.10. The van der Waals surface area contributed by atoms with Gasteiger partial charge >= 0.3 is 6.03 Å². The maximum Gasteiger partial charge on any atom is 0.332 e. The van der Waals surface area contributed by atoms with E-state index >= 15 is 0 Å². The van der Waals surface area contributed by atoms with Gasteiger partial charge in [-0.2, -0.15) is 5.10 Å². The van der Waals surface area contributed by atoms with Gasteiger partial charge in [0.15, 0.2) is 0 Å². The van der Waals surface area contributed by atoms with Crippen LogP contribution in [-0.2, 0) is 0 Å². The molecule has 0 saturated heterocycles. The molecular formula is C9H10FN3O. The van der Waals surface area contributed by atoms with Crippen molar-refractivity contribution in [2.45, 2.75) is 6.92 Å². The summed E-state index contributed by atoms with van der Waals surface area (Å²) >= 11 is 0. The van der Waals surface area contributed by atoms with Crippen LogP contribution in [0.25, 0.3) is 0 Å². The number of carbonyl (C=O) groups is 1. The molecule has 0 aliphatic heterocycles. The standard InChI is InChI=1S/C9H10FN3O/c1-6-2-3-7(4-8(6)10)5-12-13-9(11)14/h2-5H,1H3,(H3,11,13,14)/b12-5+. The van der Waals surface area contributed by atoms with E-state index in [2.05, 4.69) is 5.10 Å². The molecule has 3 N–H and O–H groups in total. The number of urea groups is 1. The van der Waals surface area contributed by atoms with Crippen LogP contribution in [0.1, 0.15) is 11.1 Å². The third kappa shape index (κ3) is 2.85. The van der Waals surface area contributed by atoms with E-state index in [0.717, 1.165) is 0 Å². The fraction of sp³-hybridized carbons (Fsp3) is 0.111. The molecule has 4 nitrogen and oxygen atoms in total. The summed E-state index contributed by atoms with van der Waals surface area (Å²) in [6, 6.07) is 3.88. The summed E-state index contributed by atoms with van der Waals surface area (Å²) in [5.74, 6) is -0.312. The Morgan fingerprint density at radius 1 is 1.64 bits per heavy atom. The summed E-state index contributed by atoms with van der Waals surface area (Å²) in [6.07, 6.45) is 1.31. The first kappa shape index (κ1) is 10.2. The molecule has 2 amide bonds. The first-order chi connectivity index (χ1) is 6.59. The molecule has 0 aliphatic rings. The molecule has 1 aromatic rings. The summed E-state index contributed by atoms with van der Waals surface area (Å²) in [7, 11) is 0. The van der Waals surface area contributed by atoms with Crippen LogP contribution in [0.3, 0.4) is 0 Å². The van der Waals surface area contributed by atoms with Gasteiger partial charge in [-0.05, 0) is 24.1 Å². The quantitative estimate of drug-likeness (QED) is 0.539. The van der Waals surface area contributed by atoms with E-state index in [1.54, 1.807) is 19.1 Å². The number of rotatable bonds is 2. The second-order valence-electron chi connectivity index (χ2n) is 2.74. The van der Waals surface area contributed by atoms with Crippen molar-refractivity contribution >= 4 is 12.2 Å². The predicted molar refractivity (Wildman–Crippen MR) is 51.5 cm³/mol. The van der Waals surface area contributed by atoms with E-state index in [4.69, 9.17) is 5.73 Å². The highest BCUT2D eigenvalue weighted by molar-refractivity contribution is 5.81. The normalized spacial score (nSPS) is 10.4. The first-order valence-corrected chi connectivity index (χ1v) is 3.94. The van der Waals surface area contributed by atoms with Gasteiger partial charge in [0.25, 0.3) is 0 Å². The molecule has 1 rings (SSSR count). The second-order valence-corrected chi connectivity index (χ2v) is 2.74. The molecule has 0 bridgehead atoms. The van der Waals surface area contributed by atoms with Crippen LogP contribution in [0, 0.1) is 12.7 Å². The van der Waals surface area contributed by atoms with Crippen molar-refractivity contribution in [2.24, 2.45) is 10.8 Å². The molecule has 5 heteroatoms. The maximum atomic E-state index is 13.0. The van der Waals surface area contributed by atoms with Crippen LogP contribution in [-0.4, -0.2) is 12.2 Å². The molecule has 1 aromatic carbocycles. The minimum Gasteiger partial charge on any atom is -0.350 e. The van der Waals surface area contributed by atoms with Crippen molar-refractivity contribution in [1.82, 2.24) is 5.43 Å². The highest BCUT2D eigenvalue weighted by Crippen LogP contribution is 2.06. The number of hydrogen-bond donors (Lipinski definition) is 2. The van der Waals surface area contributed by atoms with E-state index in [-0.39, 0.29) is 5.82 Å². The molecule has 0 fully saturated rings. The number of amides is 2. The molecule has 0 saturated carbocycles. The Balaban J connectivity index is 2.73. The highest BCUT2D eigenvalue weighted by Gasteiger charge is 1.96. The lowest BCUT2D eigenvalue weighted by Crippen LogP contribution is -2.24. The van der Waals surface area contributed by atoms with Crippen molar-refractivity contribution in [3.05, 3.63) is 35.1 Å². The number of nitrogens with two attached hydrogens (primary N) is 1. The Hall–Kier alpha value is -1.91. The molecule has 0 heterocycles. The number of carbonyl (C=O) groups excluding carboxylic acids is 1. The summed E-state index contributed by atoms with van der Waals surface area (Å²) in [4.78, 5) is 10.2. The third-order valence-corrected chi connectivity index (χ3v) is 1.58. The predicted octanol–water partition coefficient (Wildman–Crippen LogP) is 1.14. The van der Waals surface area contributed by atoms with Gasteiger partial charge in [-0.25, -0.2) is 14.6 Å². The highest BCUT2D eigenvalue weighted by atomic mass is 19.1. The first-order valence-electron chi connectivity index (χ1n) is 3.94. The van der Waals surface area contributed by atoms with Crippen LogP contribution in [0.15, 0.2) is 23.3 Å². The van der Waals surface area contributed by atoms with Crippen molar-refractivity contribution < 1.29 is 9.18 Å². The zero-order chi connectivity index (χ0) is 10.6. The SMILES string of the molecule is Cc1ccc(/C=N/NC(N)=O)cc1F. The lowest BCUT2D eigenvalue weighted by Gasteiger charge is -1.97. The van der Waals surface area contributed by atoms with Crippen molar-refractivity contribution in [3.63, 3.8) is 0 Å². The molecule has 0 radical (unpaired) electrons. The maximum absolute atomic E-state index is 13.0. The smallest absolute Gasteiger partial charge is 0.332 e. The van der Waals surface area contributed by atoms with Crippen molar-refractivity contribution in [1.29, 1.82) is 0 Å². The van der Waals surface area contributed by atoms with E-state index in [1.165, 1.54) is 12.3 Å². The Kier molecular flexibility index (Phi) is 3.17. The minimum absolute atomic E-state index is 0.312. The Morgan fingerprint density at radius 3 is 2.93 bits per heavy atom. The van der Waals surface area contributed by atoms with Crippen molar-refractivity contribution in [3.8, 4) is 0 Å². The topological polar surface area (TPSA) is 67.5 Å². The van der Waals surface area contributed by atoms with Crippen LogP contribution >= 0.6 is 0 Å². The van der Waals surface area contributed by atoms with Gasteiger partial charge in [0, 0.05) is 0 Å². The number of halogens is 1. The number of hydrazone groups is 1. The number of aryl methyl sites for hydroxylation is 1. The van der Waals surface area contributed by atoms with Crippen LogP contribution in [0.2, 0.25) is 0 Å². The molecule has 0 aromatic heterocycles. The molecular weight excluding hydrogens is 185 g/mol. The lowest BCUT2D eigenvalue weighted by atomic mass is 10.1. The molecule has 14 heavy (non-hydrogen) atoms. The van der Waals surface area contributed by atoms with E-state index in [9.17, 15) is 9.18 Å². The number of hydrogen-bond acceptors (Lipinski definition) is 2. The number of nitrogens with one attached hydrogen (secondary N) is 1. The summed E-state index contributed by atoms with van der Waals surface area (Å²) in [6.45, 7) is 1.66. The average molecular weight is 195 g/mol. The van der Waals surface area contributed by atoms with Crippen LogP contribution < -0.4 is 11.2 Å². The monoisotopic (exact) mass is 195 g/mol. The van der Waals surface area contributed by atoms with Gasteiger partial charge in [0.05, 0.1) is 6.21 Å². The minimum atomic E-state index is -0.756. The van der Waals surface area contributed by atoms with E-state index in [1.807, 2.05) is 5.43 Å². The number of benzene rings is 1. The zero-order valence-electron chi connectivity index (χ0n) is 7.62. The Morgan fingerprint density at radius 2 is 2.36 bits per heavy atom. The van der Waals surface area contributed by atoms with Gasteiger partial charge in [-0.15, -0.1) is 0 Å². The third-order valence-electron chi connectivity index (χ3n) is 1.58. The van der Waals surface area contributed by atoms with E-state index in [0.29, 0.717) is 11.1 Å². The lowest BCUT2D eigenvalue weighted by molar-refractivity contribution is 0.249. The van der Waals surface area contributed by atoms with Crippen LogP contribution in [0.4, 0.5) is 9.18 Å². The fourth-order valence-electron chi connectivity index (χ4n) is 0.860. The Bertz CT molecular complexity index is 376. The fourth-order valence-corrected chi connectivity index (χ4v) is 0.860. The molecule has 0 atom stereocenters. The summed E-state index contributed by atoms with van der Waals surface area (Å²) < 4.78 is 13.0. The van der Waals surface area contributed by atoms with Gasteiger partial charge < -0.3 is 5.73 Å². The van der Waals surface area contributed by atoms with E-state index < -0.39 is 6.03 Å². The Labute approximate surface area is 80.6 Å². The molecule has 0 unspecified atom stereocenters. The summed E-state index contributed by atoms with van der Waals surface area (Å²) in [5, 5.41) is 3.50. The number of primary amides is 1. The number of nitrogens with zero attached hydrogens (tertiary/aromatic N) is 1. The van der Waals surface area contributed by atoms with Gasteiger partial charge in [0.2, 0.25) is 0 Å². The second kappa shape index (κ2) is 4.36. The molecule has 0 spiro atoms. The molecule has 0 aliphatic carbocycles. The van der Waals surface area contributed by atoms with Gasteiger partial charge in [0.1, 0.15) is 5.82 Å². The zero-order valence-corrected chi connectivity index (χ0v) is 7.62. The van der Waals surface area contributed by atoms with Gasteiger partial charge in [-0.3, -0.25) is 0 Å². The largest absolute Gasteiger partial charge is 0.350 e. The van der Waals surface area contributed by atoms with Gasteiger partial charge in [-0.1, -0.05) is 12.1 Å². The summed E-state index contributed by atoms with van der Waals surface area (Å²) in [5.41, 5.74) is 7.90. The molecule has 74 valence electrons. The van der Waals surface area contributed by atoms with Crippen LogP contribution in [0.5, 0.6) is 0 Å².